The molecule has 0 unspecified atom stereocenters. The van der Waals surface area contributed by atoms with E-state index in [0.29, 0.717) is 23.7 Å². The van der Waals surface area contributed by atoms with Crippen LogP contribution in [0.25, 0.3) is 22.1 Å². The molecular formula is C19H15F3N6OS. The zero-order chi connectivity index (χ0) is 21.5. The van der Waals surface area contributed by atoms with Crippen LogP contribution in [-0.4, -0.2) is 39.3 Å². The minimum atomic E-state index is -4.63. The number of anilines is 2. The van der Waals surface area contributed by atoms with Crippen molar-refractivity contribution in [1.82, 2.24) is 15.0 Å². The van der Waals surface area contributed by atoms with Gasteiger partial charge in [0.25, 0.3) is 0 Å². The Morgan fingerprint density at radius 1 is 1.23 bits per heavy atom. The summed E-state index contributed by atoms with van der Waals surface area (Å²) in [7, 11) is 0. The van der Waals surface area contributed by atoms with Gasteiger partial charge in [0.15, 0.2) is 0 Å². The summed E-state index contributed by atoms with van der Waals surface area (Å²) < 4.78 is 40.7. The number of pyridine rings is 2. The Morgan fingerprint density at radius 2 is 2.03 bits per heavy atom. The molecule has 3 aromatic rings. The molecule has 0 amide bonds. The summed E-state index contributed by atoms with van der Waals surface area (Å²) in [5.41, 5.74) is 5.26. The van der Waals surface area contributed by atoms with Crippen molar-refractivity contribution in [2.24, 2.45) is 0 Å². The molecule has 1 saturated heterocycles. The van der Waals surface area contributed by atoms with Gasteiger partial charge in [0.1, 0.15) is 33.8 Å². The molecule has 7 nitrogen and oxygen atoms in total. The number of nitriles is 1. The Morgan fingerprint density at radius 3 is 2.63 bits per heavy atom. The van der Waals surface area contributed by atoms with E-state index < -0.39 is 17.8 Å². The zero-order valence-electron chi connectivity index (χ0n) is 15.4. The Hall–Kier alpha value is -3.23. The Bertz CT molecular complexity index is 1130. The number of β-amino-alcohol motifs (C(OH)–C–C–N with tert-alkyl or cyclic N) is 1. The summed E-state index contributed by atoms with van der Waals surface area (Å²) in [6.07, 6.45) is -3.27. The normalized spacial score (nSPS) is 16.6. The number of halogens is 3. The lowest BCUT2D eigenvalue weighted by atomic mass is 10.1. The molecule has 1 fully saturated rings. The van der Waals surface area contributed by atoms with Crippen LogP contribution in [0.1, 0.15) is 17.5 Å². The lowest BCUT2D eigenvalue weighted by molar-refractivity contribution is -0.137. The molecule has 4 rings (SSSR count). The zero-order valence-corrected chi connectivity index (χ0v) is 16.2. The molecule has 1 aliphatic heterocycles. The third-order valence-corrected chi connectivity index (χ3v) is 5.48. The first kappa shape index (κ1) is 20.1. The third kappa shape index (κ3) is 3.79. The number of aromatic nitrogens is 3. The van der Waals surface area contributed by atoms with Gasteiger partial charge in [0.05, 0.1) is 23.0 Å². The molecule has 0 aliphatic carbocycles. The van der Waals surface area contributed by atoms with Gasteiger partial charge in [-0.15, -0.1) is 11.3 Å². The number of hydrogen-bond donors (Lipinski definition) is 2. The molecule has 3 aromatic heterocycles. The highest BCUT2D eigenvalue weighted by Crippen LogP contribution is 2.37. The molecule has 154 valence electrons. The van der Waals surface area contributed by atoms with Crippen molar-refractivity contribution in [2.75, 3.05) is 23.7 Å². The van der Waals surface area contributed by atoms with Crippen LogP contribution in [0.5, 0.6) is 0 Å². The van der Waals surface area contributed by atoms with Crippen molar-refractivity contribution >= 4 is 22.8 Å². The molecule has 0 spiro atoms. The van der Waals surface area contributed by atoms with E-state index in [1.165, 1.54) is 17.4 Å². The van der Waals surface area contributed by atoms with Crippen molar-refractivity contribution in [2.45, 2.75) is 18.7 Å². The molecule has 11 heteroatoms. The van der Waals surface area contributed by atoms with E-state index in [2.05, 4.69) is 15.0 Å². The van der Waals surface area contributed by atoms with Crippen molar-refractivity contribution in [3.63, 3.8) is 0 Å². The van der Waals surface area contributed by atoms with Gasteiger partial charge in [-0.05, 0) is 24.6 Å². The van der Waals surface area contributed by atoms with Crippen LogP contribution >= 0.6 is 11.3 Å². The highest BCUT2D eigenvalue weighted by molar-refractivity contribution is 7.13. The van der Waals surface area contributed by atoms with Crippen molar-refractivity contribution in [3.8, 4) is 28.2 Å². The first-order valence-corrected chi connectivity index (χ1v) is 9.77. The SMILES string of the molecule is N#Cc1c(N)cc(-c2nccs2)nc1-c1cc(C(F)(F)F)cc(N2CC[C@@H](O)C2)n1. The Labute approximate surface area is 173 Å². The molecule has 4 heterocycles. The summed E-state index contributed by atoms with van der Waals surface area (Å²) in [6.45, 7) is 0.544. The van der Waals surface area contributed by atoms with E-state index >= 15 is 0 Å². The van der Waals surface area contributed by atoms with Crippen molar-refractivity contribution in [1.29, 1.82) is 5.26 Å². The number of nitrogen functional groups attached to an aromatic ring is 1. The van der Waals surface area contributed by atoms with E-state index in [1.807, 2.05) is 6.07 Å². The Kier molecular flexibility index (Phi) is 5.05. The van der Waals surface area contributed by atoms with E-state index in [1.54, 1.807) is 16.5 Å². The first-order valence-electron chi connectivity index (χ1n) is 8.89. The molecule has 1 aliphatic rings. The molecule has 0 bridgehead atoms. The smallest absolute Gasteiger partial charge is 0.398 e. The average Bonchev–Trinajstić information content (AvgIpc) is 3.38. The van der Waals surface area contributed by atoms with Crippen LogP contribution in [0.4, 0.5) is 24.7 Å². The number of hydrogen-bond acceptors (Lipinski definition) is 8. The summed E-state index contributed by atoms with van der Waals surface area (Å²) in [5.74, 6) is 0.0558. The monoisotopic (exact) mass is 432 g/mol. The maximum atomic E-state index is 13.6. The fourth-order valence-electron chi connectivity index (χ4n) is 3.24. The predicted molar refractivity (Wildman–Crippen MR) is 106 cm³/mol. The second kappa shape index (κ2) is 7.55. The Balaban J connectivity index is 1.92. The lowest BCUT2D eigenvalue weighted by Crippen LogP contribution is -2.23. The molecule has 30 heavy (non-hydrogen) atoms. The number of nitrogens with zero attached hydrogens (tertiary/aromatic N) is 5. The number of rotatable bonds is 3. The van der Waals surface area contributed by atoms with Gasteiger partial charge >= 0.3 is 6.18 Å². The van der Waals surface area contributed by atoms with Crippen molar-refractivity contribution < 1.29 is 18.3 Å². The summed E-state index contributed by atoms with van der Waals surface area (Å²) >= 11 is 1.28. The number of aliphatic hydroxyl groups excluding tert-OH is 1. The minimum Gasteiger partial charge on any atom is -0.398 e. The number of alkyl halides is 3. The van der Waals surface area contributed by atoms with Crippen molar-refractivity contribution in [3.05, 3.63) is 40.9 Å². The molecule has 3 N–H and O–H groups in total. The average molecular weight is 432 g/mol. The van der Waals surface area contributed by atoms with Gasteiger partial charge in [-0.25, -0.2) is 15.0 Å². The van der Waals surface area contributed by atoms with E-state index in [0.717, 1.165) is 12.1 Å². The number of aliphatic hydroxyl groups is 1. The van der Waals surface area contributed by atoms with Crippen LogP contribution < -0.4 is 10.6 Å². The van der Waals surface area contributed by atoms with Gasteiger partial charge in [-0.1, -0.05) is 0 Å². The second-order valence-electron chi connectivity index (χ2n) is 6.75. The molecule has 0 saturated carbocycles. The van der Waals surface area contributed by atoms with E-state index in [9.17, 15) is 23.5 Å². The molecule has 0 aromatic carbocycles. The fraction of sp³-hybridized carbons (Fsp3) is 0.263. The largest absolute Gasteiger partial charge is 0.416 e. The summed E-state index contributed by atoms with van der Waals surface area (Å²) in [4.78, 5) is 14.4. The highest BCUT2D eigenvalue weighted by Gasteiger charge is 2.34. The van der Waals surface area contributed by atoms with Gasteiger partial charge in [-0.3, -0.25) is 0 Å². The van der Waals surface area contributed by atoms with Gasteiger partial charge in [0.2, 0.25) is 0 Å². The lowest BCUT2D eigenvalue weighted by Gasteiger charge is -2.20. The standard InChI is InChI=1S/C19H15F3N6OS/c20-19(21,22)10-5-14(26-16(6-10)28-3-1-11(29)9-28)17-12(8-23)13(24)7-15(27-17)18-25-2-4-30-18/h2,4-7,11,29H,1,3,9H2,(H2,24,27)/t11-/m1/s1. The van der Waals surface area contributed by atoms with E-state index in [-0.39, 0.29) is 35.0 Å². The quantitative estimate of drug-likeness (QED) is 0.653. The topological polar surface area (TPSA) is 112 Å². The fourth-order valence-corrected chi connectivity index (χ4v) is 3.84. The highest BCUT2D eigenvalue weighted by atomic mass is 32.1. The van der Waals surface area contributed by atoms with Crippen LogP contribution in [0.3, 0.4) is 0 Å². The van der Waals surface area contributed by atoms with Crippen LogP contribution in [-0.2, 0) is 6.18 Å². The van der Waals surface area contributed by atoms with Gasteiger partial charge in [0, 0.05) is 24.7 Å². The predicted octanol–water partition coefficient (Wildman–Crippen LogP) is 3.31. The summed E-state index contributed by atoms with van der Waals surface area (Å²) in [5, 5.41) is 21.6. The second-order valence-corrected chi connectivity index (χ2v) is 7.65. The minimum absolute atomic E-state index is 0.0465. The number of nitrogens with two attached hydrogens (primary N) is 1. The van der Waals surface area contributed by atoms with Gasteiger partial charge < -0.3 is 15.7 Å². The number of thiazole rings is 1. The molecule has 1 atom stereocenters. The molecular weight excluding hydrogens is 417 g/mol. The summed E-state index contributed by atoms with van der Waals surface area (Å²) in [6, 6.07) is 5.16. The maximum absolute atomic E-state index is 13.6. The first-order chi connectivity index (χ1) is 14.3. The van der Waals surface area contributed by atoms with Gasteiger partial charge in [-0.2, -0.15) is 18.4 Å². The van der Waals surface area contributed by atoms with Crippen LogP contribution in [0.2, 0.25) is 0 Å². The third-order valence-electron chi connectivity index (χ3n) is 4.68. The van der Waals surface area contributed by atoms with Crippen LogP contribution in [0, 0.1) is 11.3 Å². The molecule has 0 radical (unpaired) electrons. The van der Waals surface area contributed by atoms with E-state index in [4.69, 9.17) is 5.73 Å². The maximum Gasteiger partial charge on any atom is 0.416 e. The van der Waals surface area contributed by atoms with Crippen LogP contribution in [0.15, 0.2) is 29.8 Å².